The third-order valence-corrected chi connectivity index (χ3v) is 3.39. The highest BCUT2D eigenvalue weighted by Gasteiger charge is 2.31. The van der Waals surface area contributed by atoms with Crippen LogP contribution in [0.5, 0.6) is 0 Å². The van der Waals surface area contributed by atoms with E-state index in [1.165, 1.54) is 0 Å². The molecule has 1 rings (SSSR count). The van der Waals surface area contributed by atoms with E-state index in [4.69, 9.17) is 10.5 Å². The highest BCUT2D eigenvalue weighted by atomic mass is 16.5. The summed E-state index contributed by atoms with van der Waals surface area (Å²) in [6, 6.07) is 5.96. The van der Waals surface area contributed by atoms with E-state index in [0.29, 0.717) is 13.2 Å². The molecule has 0 saturated carbocycles. The summed E-state index contributed by atoms with van der Waals surface area (Å²) in [6.45, 7) is 4.15. The molecule has 4 nitrogen and oxygen atoms in total. The van der Waals surface area contributed by atoms with Crippen LogP contribution < -0.4 is 5.73 Å². The van der Waals surface area contributed by atoms with E-state index >= 15 is 0 Å². The zero-order chi connectivity index (χ0) is 12.7. The number of hydrogen-bond donors (Lipinski definition) is 1. The van der Waals surface area contributed by atoms with Crippen LogP contribution in [0.2, 0.25) is 0 Å². The second-order valence-electron chi connectivity index (χ2n) is 4.39. The molecule has 0 amide bonds. The van der Waals surface area contributed by atoms with Crippen LogP contribution in [0.1, 0.15) is 19.0 Å². The van der Waals surface area contributed by atoms with Gasteiger partial charge < -0.3 is 10.5 Å². The molecule has 0 fully saturated rings. The lowest BCUT2D eigenvalue weighted by Crippen LogP contribution is -2.54. The monoisotopic (exact) mass is 237 g/mol. The minimum absolute atomic E-state index is 0.105. The number of ether oxygens (including phenoxy) is 1. The standard InChI is InChI=1S/C13H23N3O/c1-4-13(10-14,11-17-3)16(2)9-12-7-5-6-8-15-12/h5-8H,4,9-11,14H2,1-3H3. The number of hydrogen-bond acceptors (Lipinski definition) is 4. The topological polar surface area (TPSA) is 51.4 Å². The van der Waals surface area contributed by atoms with Gasteiger partial charge in [0.15, 0.2) is 0 Å². The van der Waals surface area contributed by atoms with E-state index < -0.39 is 0 Å². The minimum atomic E-state index is -0.105. The lowest BCUT2D eigenvalue weighted by atomic mass is 9.95. The average molecular weight is 237 g/mol. The summed E-state index contributed by atoms with van der Waals surface area (Å²) in [6.07, 6.45) is 2.77. The van der Waals surface area contributed by atoms with Crippen molar-refractivity contribution in [2.45, 2.75) is 25.4 Å². The van der Waals surface area contributed by atoms with E-state index in [-0.39, 0.29) is 5.54 Å². The molecule has 4 heteroatoms. The van der Waals surface area contributed by atoms with Crippen molar-refractivity contribution >= 4 is 0 Å². The van der Waals surface area contributed by atoms with E-state index in [0.717, 1.165) is 18.7 Å². The first-order valence-corrected chi connectivity index (χ1v) is 5.98. The molecule has 0 aliphatic heterocycles. The van der Waals surface area contributed by atoms with Crippen LogP contribution in [-0.2, 0) is 11.3 Å². The van der Waals surface area contributed by atoms with Crippen LogP contribution in [0.3, 0.4) is 0 Å². The number of nitrogens with zero attached hydrogens (tertiary/aromatic N) is 2. The molecule has 2 N–H and O–H groups in total. The molecule has 1 unspecified atom stereocenters. The highest BCUT2D eigenvalue weighted by molar-refractivity contribution is 5.04. The molecule has 17 heavy (non-hydrogen) atoms. The molecule has 0 saturated heterocycles. The van der Waals surface area contributed by atoms with Crippen molar-refractivity contribution in [3.8, 4) is 0 Å². The third kappa shape index (κ3) is 3.49. The van der Waals surface area contributed by atoms with Crippen molar-refractivity contribution in [2.24, 2.45) is 5.73 Å². The quantitative estimate of drug-likeness (QED) is 0.776. The number of nitrogens with two attached hydrogens (primary N) is 1. The summed E-state index contributed by atoms with van der Waals surface area (Å²) in [5, 5.41) is 0. The number of rotatable bonds is 7. The molecule has 0 spiro atoms. The minimum Gasteiger partial charge on any atom is -0.383 e. The Morgan fingerprint density at radius 2 is 2.24 bits per heavy atom. The Kier molecular flexibility index (Phi) is 5.55. The third-order valence-electron chi connectivity index (χ3n) is 3.39. The van der Waals surface area contributed by atoms with Crippen LogP contribution in [0.4, 0.5) is 0 Å². The highest BCUT2D eigenvalue weighted by Crippen LogP contribution is 2.19. The molecule has 0 aliphatic carbocycles. The molecule has 1 aromatic heterocycles. The number of aromatic nitrogens is 1. The maximum Gasteiger partial charge on any atom is 0.0658 e. The Balaban J connectivity index is 2.75. The molecule has 1 atom stereocenters. The van der Waals surface area contributed by atoms with Crippen LogP contribution in [0.25, 0.3) is 0 Å². The molecular weight excluding hydrogens is 214 g/mol. The molecule has 1 aromatic rings. The van der Waals surface area contributed by atoms with Crippen molar-refractivity contribution < 1.29 is 4.74 Å². The molecule has 0 bridgehead atoms. The number of pyridine rings is 1. The summed E-state index contributed by atoms with van der Waals surface area (Å²) in [4.78, 5) is 6.57. The number of likely N-dealkylation sites (N-methyl/N-ethyl adjacent to an activating group) is 1. The van der Waals surface area contributed by atoms with E-state index in [9.17, 15) is 0 Å². The van der Waals surface area contributed by atoms with E-state index in [2.05, 4.69) is 23.9 Å². The van der Waals surface area contributed by atoms with Gasteiger partial charge in [-0.25, -0.2) is 0 Å². The van der Waals surface area contributed by atoms with E-state index in [1.54, 1.807) is 7.11 Å². The second-order valence-corrected chi connectivity index (χ2v) is 4.39. The van der Waals surface area contributed by atoms with Gasteiger partial charge in [0.1, 0.15) is 0 Å². The Morgan fingerprint density at radius 1 is 1.47 bits per heavy atom. The van der Waals surface area contributed by atoms with Gasteiger partial charge in [0.2, 0.25) is 0 Å². The molecule has 0 radical (unpaired) electrons. The summed E-state index contributed by atoms with van der Waals surface area (Å²) in [5.74, 6) is 0. The van der Waals surface area contributed by atoms with Gasteiger partial charge in [-0.2, -0.15) is 0 Å². The molecule has 96 valence electrons. The van der Waals surface area contributed by atoms with Gasteiger partial charge in [-0.3, -0.25) is 9.88 Å². The van der Waals surface area contributed by atoms with Gasteiger partial charge >= 0.3 is 0 Å². The first-order chi connectivity index (χ1) is 8.18. The molecule has 1 heterocycles. The Morgan fingerprint density at radius 3 is 2.71 bits per heavy atom. The van der Waals surface area contributed by atoms with Crippen LogP contribution in [0.15, 0.2) is 24.4 Å². The second kappa shape index (κ2) is 6.69. The van der Waals surface area contributed by atoms with E-state index in [1.807, 2.05) is 24.4 Å². The smallest absolute Gasteiger partial charge is 0.0658 e. The average Bonchev–Trinajstić information content (AvgIpc) is 2.37. The summed E-state index contributed by atoms with van der Waals surface area (Å²) in [5.41, 5.74) is 6.87. The fourth-order valence-electron chi connectivity index (χ4n) is 2.01. The normalized spacial score (nSPS) is 14.9. The predicted molar refractivity (Wildman–Crippen MR) is 69.7 cm³/mol. The number of methoxy groups -OCH3 is 1. The molecular formula is C13H23N3O. The fraction of sp³-hybridized carbons (Fsp3) is 0.615. The summed E-state index contributed by atoms with van der Waals surface area (Å²) in [7, 11) is 3.79. The zero-order valence-electron chi connectivity index (χ0n) is 11.0. The van der Waals surface area contributed by atoms with Crippen LogP contribution >= 0.6 is 0 Å². The lowest BCUT2D eigenvalue weighted by molar-refractivity contribution is 0.0227. The predicted octanol–water partition coefficient (Wildman–Crippen LogP) is 1.27. The van der Waals surface area contributed by atoms with Gasteiger partial charge in [-0.15, -0.1) is 0 Å². The Bertz CT molecular complexity index is 312. The van der Waals surface area contributed by atoms with Gasteiger partial charge in [-0.05, 0) is 25.6 Å². The van der Waals surface area contributed by atoms with Crippen LogP contribution in [-0.4, -0.2) is 42.7 Å². The van der Waals surface area contributed by atoms with Gasteiger partial charge in [0.05, 0.1) is 17.8 Å². The zero-order valence-corrected chi connectivity index (χ0v) is 11.0. The maximum atomic E-state index is 5.92. The Hall–Kier alpha value is -0.970. The first kappa shape index (κ1) is 14.1. The van der Waals surface area contributed by atoms with Crippen molar-refractivity contribution in [3.05, 3.63) is 30.1 Å². The first-order valence-electron chi connectivity index (χ1n) is 5.98. The van der Waals surface area contributed by atoms with Gasteiger partial charge in [0.25, 0.3) is 0 Å². The van der Waals surface area contributed by atoms with Gasteiger partial charge in [-0.1, -0.05) is 13.0 Å². The Labute approximate surface area is 104 Å². The van der Waals surface area contributed by atoms with Crippen molar-refractivity contribution in [1.82, 2.24) is 9.88 Å². The SMILES string of the molecule is CCC(CN)(COC)N(C)Cc1ccccn1. The summed E-state index contributed by atoms with van der Waals surface area (Å²) >= 11 is 0. The van der Waals surface area contributed by atoms with Crippen molar-refractivity contribution in [2.75, 3.05) is 27.3 Å². The van der Waals surface area contributed by atoms with Crippen LogP contribution in [0, 0.1) is 0 Å². The fourth-order valence-corrected chi connectivity index (χ4v) is 2.01. The van der Waals surface area contributed by atoms with Crippen molar-refractivity contribution in [1.29, 1.82) is 0 Å². The lowest BCUT2D eigenvalue weighted by Gasteiger charge is -2.39. The van der Waals surface area contributed by atoms with Crippen molar-refractivity contribution in [3.63, 3.8) is 0 Å². The molecule has 0 aliphatic rings. The van der Waals surface area contributed by atoms with Gasteiger partial charge in [0, 0.05) is 26.4 Å². The summed E-state index contributed by atoms with van der Waals surface area (Å²) < 4.78 is 5.31. The molecule has 0 aromatic carbocycles. The largest absolute Gasteiger partial charge is 0.383 e. The maximum absolute atomic E-state index is 5.92.